The number of morpholine rings is 1. The molecule has 1 N–H and O–H groups in total. The Morgan fingerprint density at radius 1 is 1.19 bits per heavy atom. The zero-order valence-electron chi connectivity index (χ0n) is 13.9. The van der Waals surface area contributed by atoms with Gasteiger partial charge in [-0.15, -0.1) is 0 Å². The van der Waals surface area contributed by atoms with E-state index in [4.69, 9.17) is 4.74 Å². The van der Waals surface area contributed by atoms with Crippen molar-refractivity contribution in [2.75, 3.05) is 36.5 Å². The first-order valence-corrected chi connectivity index (χ1v) is 8.16. The zero-order valence-corrected chi connectivity index (χ0v) is 13.9. The molecule has 1 aliphatic rings. The van der Waals surface area contributed by atoms with Crippen molar-refractivity contribution in [2.24, 2.45) is 0 Å². The highest BCUT2D eigenvalue weighted by molar-refractivity contribution is 5.92. The molecule has 0 unspecified atom stereocenters. The number of pyridine rings is 1. The van der Waals surface area contributed by atoms with Crippen LogP contribution in [0.25, 0.3) is 0 Å². The van der Waals surface area contributed by atoms with Crippen molar-refractivity contribution >= 4 is 17.4 Å². The van der Waals surface area contributed by atoms with Crippen molar-refractivity contribution in [2.45, 2.75) is 12.6 Å². The van der Waals surface area contributed by atoms with E-state index in [1.807, 2.05) is 0 Å². The van der Waals surface area contributed by atoms with E-state index in [1.165, 1.54) is 18.3 Å². The van der Waals surface area contributed by atoms with Gasteiger partial charge in [0, 0.05) is 13.1 Å². The van der Waals surface area contributed by atoms with Gasteiger partial charge in [0.2, 0.25) is 5.91 Å². The van der Waals surface area contributed by atoms with Crippen LogP contribution in [-0.2, 0) is 22.1 Å². The number of carbonyl (C=O) groups excluding carboxylic acids is 1. The Kier molecular flexibility index (Phi) is 5.41. The molecule has 1 aliphatic heterocycles. The normalized spacial score (nSPS) is 15.0. The maximum absolute atomic E-state index is 12.7. The highest BCUT2D eigenvalue weighted by Crippen LogP contribution is 2.29. The molecule has 8 heteroatoms. The summed E-state index contributed by atoms with van der Waals surface area (Å²) in [5, 5.41) is 2.65. The summed E-state index contributed by atoms with van der Waals surface area (Å²) in [5.74, 6) is 0.398. The van der Waals surface area contributed by atoms with Gasteiger partial charge in [0.1, 0.15) is 5.82 Å². The summed E-state index contributed by atoms with van der Waals surface area (Å²) in [6.07, 6.45) is -3.03. The van der Waals surface area contributed by atoms with Crippen molar-refractivity contribution in [1.29, 1.82) is 0 Å². The number of carbonyl (C=O) groups is 1. The fourth-order valence-corrected chi connectivity index (χ4v) is 2.69. The quantitative estimate of drug-likeness (QED) is 0.905. The van der Waals surface area contributed by atoms with Gasteiger partial charge in [-0.25, -0.2) is 4.98 Å². The van der Waals surface area contributed by atoms with Crippen molar-refractivity contribution in [1.82, 2.24) is 4.98 Å². The number of benzene rings is 1. The van der Waals surface area contributed by atoms with Gasteiger partial charge in [-0.2, -0.15) is 13.2 Å². The number of hydrogen-bond acceptors (Lipinski definition) is 4. The lowest BCUT2D eigenvalue weighted by Crippen LogP contribution is -2.36. The van der Waals surface area contributed by atoms with Crippen LogP contribution in [-0.4, -0.2) is 37.2 Å². The molecule has 0 bridgehead atoms. The molecule has 1 amide bonds. The molecular formula is C18H18F3N3O2. The Labute approximate surface area is 148 Å². The molecule has 5 nitrogen and oxygen atoms in total. The van der Waals surface area contributed by atoms with Gasteiger partial charge in [0.25, 0.3) is 0 Å². The monoisotopic (exact) mass is 365 g/mol. The Hall–Kier alpha value is -2.61. The van der Waals surface area contributed by atoms with Gasteiger partial charge in [0.05, 0.1) is 37.1 Å². The molecule has 26 heavy (non-hydrogen) atoms. The molecule has 1 aromatic heterocycles. The van der Waals surface area contributed by atoms with E-state index in [1.54, 1.807) is 12.1 Å². The van der Waals surface area contributed by atoms with Crippen LogP contribution >= 0.6 is 0 Å². The van der Waals surface area contributed by atoms with E-state index in [9.17, 15) is 18.0 Å². The standard InChI is InChI=1S/C18H18F3N3O2/c19-18(20,21)14-3-1-2-13(10-14)11-17(25)23-15-4-5-16(22-12-15)24-6-8-26-9-7-24/h1-5,10,12H,6-9,11H2,(H,23,25). The number of nitrogens with one attached hydrogen (secondary N) is 1. The van der Waals surface area contributed by atoms with Crippen molar-refractivity contribution in [3.63, 3.8) is 0 Å². The van der Waals surface area contributed by atoms with E-state index in [2.05, 4.69) is 15.2 Å². The summed E-state index contributed by atoms with van der Waals surface area (Å²) in [6, 6.07) is 8.28. The molecule has 2 heterocycles. The van der Waals surface area contributed by atoms with Crippen LogP contribution in [0.1, 0.15) is 11.1 Å². The SMILES string of the molecule is O=C(Cc1cccc(C(F)(F)F)c1)Nc1ccc(N2CCOCC2)nc1. The van der Waals surface area contributed by atoms with Gasteiger partial charge in [-0.3, -0.25) is 4.79 Å². The van der Waals surface area contributed by atoms with Crippen LogP contribution in [0.4, 0.5) is 24.7 Å². The lowest BCUT2D eigenvalue weighted by molar-refractivity contribution is -0.137. The van der Waals surface area contributed by atoms with Gasteiger partial charge in [-0.1, -0.05) is 18.2 Å². The van der Waals surface area contributed by atoms with Crippen LogP contribution < -0.4 is 10.2 Å². The third-order valence-electron chi connectivity index (χ3n) is 3.99. The number of ether oxygens (including phenoxy) is 1. The molecule has 0 atom stereocenters. The van der Waals surface area contributed by atoms with Crippen molar-refractivity contribution < 1.29 is 22.7 Å². The van der Waals surface area contributed by atoms with Crippen molar-refractivity contribution in [3.8, 4) is 0 Å². The van der Waals surface area contributed by atoms with Crippen LogP contribution in [0.3, 0.4) is 0 Å². The maximum Gasteiger partial charge on any atom is 0.416 e. The maximum atomic E-state index is 12.7. The summed E-state index contributed by atoms with van der Waals surface area (Å²) in [7, 11) is 0. The molecule has 1 aromatic carbocycles. The third kappa shape index (κ3) is 4.72. The minimum absolute atomic E-state index is 0.144. The summed E-state index contributed by atoms with van der Waals surface area (Å²) < 4.78 is 43.5. The van der Waals surface area contributed by atoms with Crippen LogP contribution in [0.2, 0.25) is 0 Å². The number of hydrogen-bond donors (Lipinski definition) is 1. The Balaban J connectivity index is 1.59. The number of anilines is 2. The number of amides is 1. The smallest absolute Gasteiger partial charge is 0.378 e. The predicted octanol–water partition coefficient (Wildman–Crippen LogP) is 3.12. The first kappa shape index (κ1) is 18.2. The fraction of sp³-hybridized carbons (Fsp3) is 0.333. The van der Waals surface area contributed by atoms with E-state index in [0.29, 0.717) is 24.5 Å². The van der Waals surface area contributed by atoms with Gasteiger partial charge in [-0.05, 0) is 23.8 Å². The molecule has 0 saturated carbocycles. The molecule has 138 valence electrons. The van der Waals surface area contributed by atoms with Crippen LogP contribution in [0.5, 0.6) is 0 Å². The van der Waals surface area contributed by atoms with E-state index in [0.717, 1.165) is 31.0 Å². The largest absolute Gasteiger partial charge is 0.416 e. The summed E-state index contributed by atoms with van der Waals surface area (Å²) in [4.78, 5) is 18.5. The predicted molar refractivity (Wildman–Crippen MR) is 91.0 cm³/mol. The second kappa shape index (κ2) is 7.74. The highest BCUT2D eigenvalue weighted by atomic mass is 19.4. The van der Waals surface area contributed by atoms with Gasteiger partial charge < -0.3 is 15.0 Å². The van der Waals surface area contributed by atoms with E-state index >= 15 is 0 Å². The number of alkyl halides is 3. The molecule has 1 saturated heterocycles. The molecule has 0 aliphatic carbocycles. The minimum Gasteiger partial charge on any atom is -0.378 e. The molecule has 0 spiro atoms. The lowest BCUT2D eigenvalue weighted by atomic mass is 10.1. The zero-order chi connectivity index (χ0) is 18.6. The Morgan fingerprint density at radius 2 is 1.96 bits per heavy atom. The van der Waals surface area contributed by atoms with Gasteiger partial charge in [0.15, 0.2) is 0 Å². The van der Waals surface area contributed by atoms with Crippen LogP contribution in [0.15, 0.2) is 42.6 Å². The first-order chi connectivity index (χ1) is 12.4. The van der Waals surface area contributed by atoms with Gasteiger partial charge >= 0.3 is 6.18 Å². The third-order valence-corrected chi connectivity index (χ3v) is 3.99. The van der Waals surface area contributed by atoms with E-state index < -0.39 is 17.6 Å². The molecule has 1 fully saturated rings. The molecular weight excluding hydrogens is 347 g/mol. The minimum atomic E-state index is -4.42. The molecule has 3 rings (SSSR count). The van der Waals surface area contributed by atoms with E-state index in [-0.39, 0.29) is 6.42 Å². The Bertz CT molecular complexity index is 757. The lowest BCUT2D eigenvalue weighted by Gasteiger charge is -2.27. The summed E-state index contributed by atoms with van der Waals surface area (Å²) >= 11 is 0. The first-order valence-electron chi connectivity index (χ1n) is 8.16. The second-order valence-corrected chi connectivity index (χ2v) is 5.93. The molecule has 2 aromatic rings. The number of nitrogens with zero attached hydrogens (tertiary/aromatic N) is 2. The van der Waals surface area contributed by atoms with Crippen LogP contribution in [0, 0.1) is 0 Å². The molecule has 0 radical (unpaired) electrons. The Morgan fingerprint density at radius 3 is 2.62 bits per heavy atom. The number of rotatable bonds is 4. The second-order valence-electron chi connectivity index (χ2n) is 5.93. The number of aromatic nitrogens is 1. The topological polar surface area (TPSA) is 54.5 Å². The summed E-state index contributed by atoms with van der Waals surface area (Å²) in [6.45, 7) is 2.82. The average molecular weight is 365 g/mol. The van der Waals surface area contributed by atoms with Crippen molar-refractivity contribution in [3.05, 3.63) is 53.7 Å². The summed E-state index contributed by atoms with van der Waals surface area (Å²) in [5.41, 5.74) is 0.0357. The fourth-order valence-electron chi connectivity index (χ4n) is 2.69. The highest BCUT2D eigenvalue weighted by Gasteiger charge is 2.30. The average Bonchev–Trinajstić information content (AvgIpc) is 2.62. The number of halogens is 3.